The predicted octanol–water partition coefficient (Wildman–Crippen LogP) is 3.26. The molecule has 1 saturated heterocycles. The number of hydrogen-bond acceptors (Lipinski definition) is 2. The lowest BCUT2D eigenvalue weighted by Gasteiger charge is -2.54. The largest absolute Gasteiger partial charge is 0.332 e. The summed E-state index contributed by atoms with van der Waals surface area (Å²) < 4.78 is 0. The molecule has 5 nitrogen and oxygen atoms in total. The Balaban J connectivity index is 1.65. The van der Waals surface area contributed by atoms with E-state index < -0.39 is 0 Å². The van der Waals surface area contributed by atoms with Gasteiger partial charge in [0.2, 0.25) is 0 Å². The average Bonchev–Trinajstić information content (AvgIpc) is 2.99. The number of amides is 2. The summed E-state index contributed by atoms with van der Waals surface area (Å²) in [5.74, 6) is 0. The second-order valence-electron chi connectivity index (χ2n) is 6.83. The first-order chi connectivity index (χ1) is 11.0. The maximum atomic E-state index is 12.5. The Morgan fingerprint density at radius 3 is 2.74 bits per heavy atom. The molecule has 1 aliphatic heterocycles. The van der Waals surface area contributed by atoms with Gasteiger partial charge < -0.3 is 10.2 Å². The van der Waals surface area contributed by atoms with Crippen molar-refractivity contribution in [2.24, 2.45) is 5.41 Å². The molecule has 122 valence electrons. The highest BCUT2D eigenvalue weighted by Gasteiger charge is 2.48. The molecule has 23 heavy (non-hydrogen) atoms. The zero-order valence-electron chi connectivity index (χ0n) is 14.0. The van der Waals surface area contributed by atoms with Gasteiger partial charge in [-0.1, -0.05) is 51.1 Å². The van der Waals surface area contributed by atoms with Gasteiger partial charge in [0.1, 0.15) is 0 Å². The molecule has 2 heterocycles. The van der Waals surface area contributed by atoms with Gasteiger partial charge in [0.15, 0.2) is 0 Å². The van der Waals surface area contributed by atoms with E-state index in [-0.39, 0.29) is 17.5 Å². The first kappa shape index (κ1) is 15.6. The summed E-state index contributed by atoms with van der Waals surface area (Å²) in [5.41, 5.74) is 3.24. The molecule has 3 rings (SSSR count). The first-order valence-electron chi connectivity index (χ1n) is 8.14. The number of hydrogen-bond donors (Lipinski definition) is 2. The van der Waals surface area contributed by atoms with Crippen molar-refractivity contribution in [2.75, 3.05) is 6.54 Å². The molecule has 1 fully saturated rings. The smallest absolute Gasteiger partial charge is 0.318 e. The summed E-state index contributed by atoms with van der Waals surface area (Å²) in [5, 5.41) is 10.1. The molecule has 0 spiro atoms. The van der Waals surface area contributed by atoms with Crippen molar-refractivity contribution in [1.82, 2.24) is 20.4 Å². The van der Waals surface area contributed by atoms with Crippen LogP contribution in [0.25, 0.3) is 0 Å². The topological polar surface area (TPSA) is 61.0 Å². The van der Waals surface area contributed by atoms with Gasteiger partial charge in [-0.3, -0.25) is 5.10 Å². The molecule has 1 aliphatic rings. The van der Waals surface area contributed by atoms with Crippen molar-refractivity contribution in [3.8, 4) is 0 Å². The van der Waals surface area contributed by atoms with Crippen molar-refractivity contribution in [2.45, 2.75) is 39.8 Å². The molecule has 2 aromatic rings. The lowest BCUT2D eigenvalue weighted by molar-refractivity contribution is -0.0166. The molecule has 2 amide bonds. The quantitative estimate of drug-likeness (QED) is 0.910. The number of carbonyl (C=O) groups excluding carboxylic acids is 1. The van der Waals surface area contributed by atoms with Crippen LogP contribution in [-0.4, -0.2) is 27.7 Å². The van der Waals surface area contributed by atoms with Gasteiger partial charge in [0.05, 0.1) is 24.0 Å². The fraction of sp³-hybridized carbons (Fsp3) is 0.444. The number of aromatic amines is 1. The Morgan fingerprint density at radius 1 is 1.39 bits per heavy atom. The van der Waals surface area contributed by atoms with E-state index in [2.05, 4.69) is 48.4 Å². The molecule has 0 aliphatic carbocycles. The second kappa shape index (κ2) is 6.07. The minimum atomic E-state index is -0.0224. The van der Waals surface area contributed by atoms with E-state index in [1.54, 1.807) is 0 Å². The van der Waals surface area contributed by atoms with Crippen LogP contribution in [0.2, 0.25) is 0 Å². The Bertz CT molecular complexity index is 677. The van der Waals surface area contributed by atoms with Crippen LogP contribution in [0.3, 0.4) is 0 Å². The summed E-state index contributed by atoms with van der Waals surface area (Å²) in [6.45, 7) is 7.71. The van der Waals surface area contributed by atoms with Crippen molar-refractivity contribution in [3.05, 3.63) is 53.3 Å². The predicted molar refractivity (Wildman–Crippen MR) is 89.9 cm³/mol. The molecule has 5 heteroatoms. The number of likely N-dealkylation sites (tertiary alicyclic amines) is 1. The summed E-state index contributed by atoms with van der Waals surface area (Å²) in [6.07, 6.45) is 0.890. The van der Waals surface area contributed by atoms with Gasteiger partial charge >= 0.3 is 6.03 Å². The Kier molecular flexibility index (Phi) is 4.11. The minimum Gasteiger partial charge on any atom is -0.332 e. The van der Waals surface area contributed by atoms with Crippen LogP contribution in [0.4, 0.5) is 4.79 Å². The highest BCUT2D eigenvalue weighted by Crippen LogP contribution is 2.48. The number of carbonyl (C=O) groups is 1. The fourth-order valence-electron chi connectivity index (χ4n) is 3.34. The van der Waals surface area contributed by atoms with Crippen LogP contribution in [0.1, 0.15) is 43.8 Å². The zero-order valence-corrected chi connectivity index (χ0v) is 14.0. The molecule has 1 aromatic carbocycles. The Morgan fingerprint density at radius 2 is 2.13 bits per heavy atom. The van der Waals surface area contributed by atoms with Gasteiger partial charge in [-0.2, -0.15) is 5.10 Å². The summed E-state index contributed by atoms with van der Waals surface area (Å²) in [4.78, 5) is 14.4. The monoisotopic (exact) mass is 312 g/mol. The summed E-state index contributed by atoms with van der Waals surface area (Å²) in [7, 11) is 0. The third-order valence-electron chi connectivity index (χ3n) is 4.48. The maximum absolute atomic E-state index is 12.5. The van der Waals surface area contributed by atoms with Gasteiger partial charge in [-0.05, 0) is 18.1 Å². The molecule has 1 aromatic heterocycles. The number of benzene rings is 1. The lowest BCUT2D eigenvalue weighted by atomic mass is 9.72. The molecular formula is C18H24N4O. The van der Waals surface area contributed by atoms with Crippen LogP contribution in [0.5, 0.6) is 0 Å². The minimum absolute atomic E-state index is 0.0224. The van der Waals surface area contributed by atoms with E-state index in [4.69, 9.17) is 0 Å². The Labute approximate surface area is 137 Å². The molecule has 2 N–H and O–H groups in total. The van der Waals surface area contributed by atoms with Crippen molar-refractivity contribution >= 4 is 6.03 Å². The molecule has 0 bridgehead atoms. The number of urea groups is 1. The fourth-order valence-corrected chi connectivity index (χ4v) is 3.34. The second-order valence-corrected chi connectivity index (χ2v) is 6.83. The normalized spacial score (nSPS) is 19.3. The number of aryl methyl sites for hydroxylation is 1. The molecular weight excluding hydrogens is 288 g/mol. The molecule has 0 saturated carbocycles. The van der Waals surface area contributed by atoms with E-state index >= 15 is 0 Å². The molecule has 1 atom stereocenters. The lowest BCUT2D eigenvalue weighted by Crippen LogP contribution is -2.60. The van der Waals surface area contributed by atoms with Crippen LogP contribution >= 0.6 is 0 Å². The standard InChI is InChI=1S/C18H24N4O/c1-4-14-10-15(21-20-14)11-19-17(23)22-12-18(2,3)16(22)13-8-6-5-7-9-13/h5-10,16H,4,11-12H2,1-3H3,(H,19,23)(H,20,21). The SMILES string of the molecule is CCc1cc(CNC(=O)N2CC(C)(C)C2c2ccccc2)[nH]n1. The van der Waals surface area contributed by atoms with Gasteiger partial charge in [0, 0.05) is 12.0 Å². The number of nitrogens with zero attached hydrogens (tertiary/aromatic N) is 2. The van der Waals surface area contributed by atoms with Crippen molar-refractivity contribution in [1.29, 1.82) is 0 Å². The number of H-pyrrole nitrogens is 1. The van der Waals surface area contributed by atoms with Gasteiger partial charge in [0.25, 0.3) is 0 Å². The maximum Gasteiger partial charge on any atom is 0.318 e. The summed E-state index contributed by atoms with van der Waals surface area (Å²) in [6, 6.07) is 12.3. The Hall–Kier alpha value is -2.30. The van der Waals surface area contributed by atoms with Crippen molar-refractivity contribution in [3.63, 3.8) is 0 Å². The van der Waals surface area contributed by atoms with Crippen LogP contribution < -0.4 is 5.32 Å². The highest BCUT2D eigenvalue weighted by atomic mass is 16.2. The number of nitrogens with one attached hydrogen (secondary N) is 2. The highest BCUT2D eigenvalue weighted by molar-refractivity contribution is 5.76. The molecule has 0 radical (unpaired) electrons. The van der Waals surface area contributed by atoms with Crippen molar-refractivity contribution < 1.29 is 4.79 Å². The van der Waals surface area contributed by atoms with E-state index in [1.807, 2.05) is 29.2 Å². The first-order valence-corrected chi connectivity index (χ1v) is 8.14. The average molecular weight is 312 g/mol. The van der Waals surface area contributed by atoms with E-state index in [0.717, 1.165) is 24.4 Å². The number of rotatable bonds is 4. The van der Waals surface area contributed by atoms with Crippen LogP contribution in [0.15, 0.2) is 36.4 Å². The summed E-state index contributed by atoms with van der Waals surface area (Å²) >= 11 is 0. The van der Waals surface area contributed by atoms with E-state index in [1.165, 1.54) is 5.56 Å². The van der Waals surface area contributed by atoms with Gasteiger partial charge in [-0.25, -0.2) is 4.79 Å². The van der Waals surface area contributed by atoms with Crippen LogP contribution in [-0.2, 0) is 13.0 Å². The third kappa shape index (κ3) is 3.09. The van der Waals surface area contributed by atoms with E-state index in [0.29, 0.717) is 6.54 Å². The molecule has 1 unspecified atom stereocenters. The third-order valence-corrected chi connectivity index (χ3v) is 4.48. The van der Waals surface area contributed by atoms with Crippen LogP contribution in [0, 0.1) is 5.41 Å². The van der Waals surface area contributed by atoms with Gasteiger partial charge in [-0.15, -0.1) is 0 Å². The van der Waals surface area contributed by atoms with E-state index in [9.17, 15) is 4.79 Å². The number of aromatic nitrogens is 2. The zero-order chi connectivity index (χ0) is 16.4.